The van der Waals surface area contributed by atoms with Gasteiger partial charge in [-0.1, -0.05) is 131 Å². The fourth-order valence-electron chi connectivity index (χ4n) is 10.6. The smallest absolute Gasteiger partial charge is 0.121 e. The van der Waals surface area contributed by atoms with E-state index in [9.17, 15) is 2.74 Å². The zero-order valence-electron chi connectivity index (χ0n) is 41.2. The maximum atomic E-state index is 9.68. The predicted octanol–water partition coefficient (Wildman–Crippen LogP) is 17.1. The average molecular weight is 1050 g/mol. The minimum atomic E-state index is -0.943. The van der Waals surface area contributed by atoms with Crippen molar-refractivity contribution in [1.29, 1.82) is 0 Å². The largest absolute Gasteiger partial charge is 0.501 e. The fourth-order valence-corrected chi connectivity index (χ4v) is 10.6. The van der Waals surface area contributed by atoms with Crippen molar-refractivity contribution >= 4 is 33.0 Å². The molecule has 1 radical (unpaired) electrons. The zero-order valence-corrected chi connectivity index (χ0v) is 41.6. The molecule has 9 aromatic rings. The molecular weight excluding hydrogens is 983 g/mol. The number of para-hydroxylation sites is 2. The number of hydrogen-bond acceptors (Lipinski definition) is 3. The van der Waals surface area contributed by atoms with Crippen molar-refractivity contribution in [3.63, 3.8) is 0 Å². The number of nitrogens with zero attached hydrogens (tertiary/aromatic N) is 3. The van der Waals surface area contributed by atoms with Crippen LogP contribution in [0.5, 0.6) is 0 Å². The van der Waals surface area contributed by atoms with Crippen molar-refractivity contribution < 1.29 is 27.3 Å². The number of imidazole rings is 1. The van der Waals surface area contributed by atoms with Crippen LogP contribution >= 0.6 is 0 Å². The predicted molar refractivity (Wildman–Crippen MR) is 271 cm³/mol. The third kappa shape index (κ3) is 8.97. The molecule has 0 amide bonds. The van der Waals surface area contributed by atoms with Gasteiger partial charge in [-0.3, -0.25) is 4.98 Å². The molecule has 0 saturated heterocycles. The van der Waals surface area contributed by atoms with E-state index in [0.29, 0.717) is 22.6 Å². The quantitative estimate of drug-likeness (QED) is 0.149. The van der Waals surface area contributed by atoms with E-state index in [1.54, 1.807) is 6.20 Å². The summed E-state index contributed by atoms with van der Waals surface area (Å²) in [5.41, 5.74) is 13.3. The van der Waals surface area contributed by atoms with Crippen LogP contribution in [0.25, 0.3) is 72.4 Å². The zero-order chi connectivity index (χ0) is 46.6. The third-order valence-corrected chi connectivity index (χ3v) is 14.6. The van der Waals surface area contributed by atoms with Gasteiger partial charge >= 0.3 is 0 Å². The number of furan rings is 1. The standard InChI is InChI=1S/C50H53N2O.C11H8N.Ir/c1-32(2)41-29-37(35-21-23-50(24-22-35)27-25-49(5,6)26-28-50)30-42(33(3)4)46(41)52-44-18-11-10-17-43(44)51-48(52)40-16-12-15-39-38-20-19-36(31-45(38)53-47(39)40)34-13-8-7-9-14-34;1-2-6-10(7-3-1)11-8-4-5-9-12-11;/h7-15,17-20,29-33,35H,21-28H2,1-6H3;1-6,8-9H;/q2*-1;/i32D,33D;;. The Balaban J connectivity index is 0.000000386. The van der Waals surface area contributed by atoms with E-state index < -0.39 is 11.8 Å². The van der Waals surface area contributed by atoms with Crippen molar-refractivity contribution in [1.82, 2.24) is 14.5 Å². The van der Waals surface area contributed by atoms with Gasteiger partial charge in [0.2, 0.25) is 0 Å². The minimum Gasteiger partial charge on any atom is -0.501 e. The van der Waals surface area contributed by atoms with Crippen molar-refractivity contribution in [3.8, 4) is 39.5 Å². The van der Waals surface area contributed by atoms with Crippen molar-refractivity contribution in [2.75, 3.05) is 0 Å². The van der Waals surface area contributed by atoms with Crippen LogP contribution in [0, 0.1) is 23.0 Å². The molecule has 2 aliphatic rings. The number of rotatable bonds is 7. The summed E-state index contributed by atoms with van der Waals surface area (Å²) in [6.45, 7) is 12.8. The van der Waals surface area contributed by atoms with Crippen LogP contribution in [0.4, 0.5) is 0 Å². The maximum Gasteiger partial charge on any atom is 0.121 e. The first kappa shape index (κ1) is 43.0. The molecule has 0 aliphatic heterocycles. The molecule has 3 heterocycles. The molecule has 337 valence electrons. The Morgan fingerprint density at radius 2 is 1.38 bits per heavy atom. The van der Waals surface area contributed by atoms with E-state index in [0.717, 1.165) is 77.7 Å². The summed E-state index contributed by atoms with van der Waals surface area (Å²) in [6, 6.07) is 54.1. The molecule has 0 bridgehead atoms. The molecule has 2 fully saturated rings. The SMILES string of the molecule is [2H]C(C)(C)c1cc(C2CCC3(CC2)CCC(C)(C)CC3)cc(C([2H])(C)C)c1-n1c(-c2[c-]ccc3c2oc2cc(-c4ccccc4)ccc23)nc2ccccc21.[Ir].[c-]1ccccc1-c1ccccn1. The number of fused-ring (bicyclic) bond motifs is 4. The summed E-state index contributed by atoms with van der Waals surface area (Å²) in [5.74, 6) is -0.754. The Bertz CT molecular complexity index is 3110. The van der Waals surface area contributed by atoms with Gasteiger partial charge in [-0.15, -0.1) is 54.1 Å². The summed E-state index contributed by atoms with van der Waals surface area (Å²) >= 11 is 0. The van der Waals surface area contributed by atoms with Crippen LogP contribution in [0.2, 0.25) is 0 Å². The van der Waals surface area contributed by atoms with Gasteiger partial charge in [0.25, 0.3) is 0 Å². The molecule has 2 saturated carbocycles. The Hall–Kier alpha value is -5.61. The van der Waals surface area contributed by atoms with E-state index >= 15 is 0 Å². The topological polar surface area (TPSA) is 43.9 Å². The molecule has 3 aromatic heterocycles. The summed E-state index contributed by atoms with van der Waals surface area (Å²) in [4.78, 5) is 9.53. The van der Waals surface area contributed by atoms with E-state index in [1.807, 2.05) is 88.4 Å². The summed E-state index contributed by atoms with van der Waals surface area (Å²) < 4.78 is 28.3. The van der Waals surface area contributed by atoms with E-state index in [2.05, 4.69) is 114 Å². The van der Waals surface area contributed by atoms with E-state index in [4.69, 9.17) is 9.40 Å². The van der Waals surface area contributed by atoms with Crippen LogP contribution in [-0.4, -0.2) is 14.5 Å². The second-order valence-electron chi connectivity index (χ2n) is 19.9. The summed E-state index contributed by atoms with van der Waals surface area (Å²) in [5, 5.41) is 2.06. The maximum absolute atomic E-state index is 9.68. The molecule has 0 N–H and O–H groups in total. The first-order chi connectivity index (χ1) is 32.2. The number of pyridine rings is 1. The van der Waals surface area contributed by atoms with Gasteiger partial charge in [0.15, 0.2) is 0 Å². The molecule has 0 atom stereocenters. The van der Waals surface area contributed by atoms with Crippen LogP contribution in [0.3, 0.4) is 0 Å². The van der Waals surface area contributed by atoms with Crippen LogP contribution < -0.4 is 0 Å². The fraction of sp³-hybridized carbons (Fsp3) is 0.311. The van der Waals surface area contributed by atoms with Gasteiger partial charge in [0, 0.05) is 40.1 Å². The first-order valence-corrected chi connectivity index (χ1v) is 23.6. The van der Waals surface area contributed by atoms with Crippen molar-refractivity contribution in [2.24, 2.45) is 10.8 Å². The van der Waals surface area contributed by atoms with Gasteiger partial charge in [-0.05, 0) is 138 Å². The first-order valence-electron chi connectivity index (χ1n) is 24.6. The van der Waals surface area contributed by atoms with Crippen molar-refractivity contribution in [2.45, 2.75) is 111 Å². The van der Waals surface area contributed by atoms with Crippen LogP contribution in [0.15, 0.2) is 150 Å². The molecule has 11 rings (SSSR count). The number of aromatic nitrogens is 3. The molecule has 1 spiro atoms. The molecule has 2 aliphatic carbocycles. The van der Waals surface area contributed by atoms with Gasteiger partial charge in [0.05, 0.1) is 22.4 Å². The van der Waals surface area contributed by atoms with Crippen molar-refractivity contribution in [3.05, 3.63) is 175 Å². The Morgan fingerprint density at radius 3 is 2.06 bits per heavy atom. The average Bonchev–Trinajstić information content (AvgIpc) is 3.91. The second-order valence-corrected chi connectivity index (χ2v) is 19.9. The summed E-state index contributed by atoms with van der Waals surface area (Å²) in [7, 11) is 0. The monoisotopic (exact) mass is 1050 g/mol. The Labute approximate surface area is 408 Å². The van der Waals surface area contributed by atoms with Gasteiger partial charge in [0.1, 0.15) is 5.58 Å². The molecule has 66 heavy (non-hydrogen) atoms. The minimum absolute atomic E-state index is 0. The van der Waals surface area contributed by atoms with Gasteiger partial charge in [-0.2, -0.15) is 0 Å². The molecule has 5 heteroatoms. The van der Waals surface area contributed by atoms with E-state index in [1.165, 1.54) is 56.9 Å². The van der Waals surface area contributed by atoms with Gasteiger partial charge in [-0.25, -0.2) is 0 Å². The molecular formula is C61H61IrN3O-2. The van der Waals surface area contributed by atoms with Gasteiger partial charge < -0.3 is 14.0 Å². The number of hydrogen-bond donors (Lipinski definition) is 0. The summed E-state index contributed by atoms with van der Waals surface area (Å²) in [6.07, 6.45) is 12.0. The molecule has 0 unspecified atom stereocenters. The van der Waals surface area contributed by atoms with Crippen LogP contribution in [0.1, 0.15) is 130 Å². The third-order valence-electron chi connectivity index (χ3n) is 14.6. The van der Waals surface area contributed by atoms with E-state index in [-0.39, 0.29) is 20.1 Å². The number of benzene rings is 6. The second kappa shape index (κ2) is 18.9. The molecule has 6 aromatic carbocycles. The van der Waals surface area contributed by atoms with Crippen LogP contribution in [-0.2, 0) is 20.1 Å². The Kier molecular flexibility index (Phi) is 12.3. The normalized spacial score (nSPS) is 16.6. The molecule has 4 nitrogen and oxygen atoms in total. The Morgan fingerprint density at radius 1 is 0.682 bits per heavy atom.